The zero-order valence-electron chi connectivity index (χ0n) is 12.2. The van der Waals surface area contributed by atoms with Gasteiger partial charge in [0.25, 0.3) is 5.91 Å². The highest BCUT2D eigenvalue weighted by molar-refractivity contribution is 7.89. The average Bonchev–Trinajstić information content (AvgIpc) is 2.51. The Morgan fingerprint density at radius 1 is 1.23 bits per heavy atom. The Balaban J connectivity index is 2.53. The smallest absolute Gasteiger partial charge is 0.258 e. The second kappa shape index (κ2) is 9.36. The summed E-state index contributed by atoms with van der Waals surface area (Å²) in [6, 6.07) is 5.70. The number of aliphatic hydroxyl groups excluding tert-OH is 1. The molecule has 0 bridgehead atoms. The molecule has 0 saturated carbocycles. The maximum absolute atomic E-state index is 11.9. The SMILES string of the molecule is COCCNS(=O)(=O)c1ccc(OCC(=O)NCCO)cc1. The zero-order valence-corrected chi connectivity index (χ0v) is 13.1. The lowest BCUT2D eigenvalue weighted by Gasteiger charge is -2.09. The number of methoxy groups -OCH3 is 1. The molecule has 124 valence electrons. The first-order valence-electron chi connectivity index (χ1n) is 6.58. The Hall–Kier alpha value is -1.68. The lowest BCUT2D eigenvalue weighted by Crippen LogP contribution is -2.31. The molecule has 1 aromatic rings. The van der Waals surface area contributed by atoms with Crippen molar-refractivity contribution in [3.63, 3.8) is 0 Å². The summed E-state index contributed by atoms with van der Waals surface area (Å²) in [6.07, 6.45) is 0. The number of carbonyl (C=O) groups is 1. The van der Waals surface area contributed by atoms with Crippen LogP contribution in [0.25, 0.3) is 0 Å². The highest BCUT2D eigenvalue weighted by Gasteiger charge is 2.13. The number of nitrogens with one attached hydrogen (secondary N) is 2. The van der Waals surface area contributed by atoms with Crippen LogP contribution in [-0.2, 0) is 19.6 Å². The van der Waals surface area contributed by atoms with Crippen LogP contribution in [0.15, 0.2) is 29.2 Å². The summed E-state index contributed by atoms with van der Waals surface area (Å²) in [4.78, 5) is 11.4. The predicted molar refractivity (Wildman–Crippen MR) is 79.1 cm³/mol. The van der Waals surface area contributed by atoms with E-state index in [9.17, 15) is 13.2 Å². The fourth-order valence-corrected chi connectivity index (χ4v) is 2.48. The molecule has 0 aliphatic rings. The Labute approximate surface area is 129 Å². The number of sulfonamides is 1. The van der Waals surface area contributed by atoms with E-state index in [4.69, 9.17) is 14.6 Å². The molecule has 1 rings (SSSR count). The van der Waals surface area contributed by atoms with Crippen LogP contribution in [0.4, 0.5) is 0 Å². The summed E-state index contributed by atoms with van der Waals surface area (Å²) in [5.41, 5.74) is 0. The molecule has 0 unspecified atom stereocenters. The van der Waals surface area contributed by atoms with Gasteiger partial charge in [0, 0.05) is 20.2 Å². The van der Waals surface area contributed by atoms with E-state index >= 15 is 0 Å². The van der Waals surface area contributed by atoms with Crippen LogP contribution in [0.2, 0.25) is 0 Å². The number of benzene rings is 1. The minimum Gasteiger partial charge on any atom is -0.484 e. The summed E-state index contributed by atoms with van der Waals surface area (Å²) in [5.74, 6) is 0.00182. The molecule has 22 heavy (non-hydrogen) atoms. The standard InChI is InChI=1S/C13H20N2O6S/c1-20-9-7-15-22(18,19)12-4-2-11(3-5-12)21-10-13(17)14-6-8-16/h2-5,15-16H,6-10H2,1H3,(H,14,17). The van der Waals surface area contributed by atoms with Gasteiger partial charge in [0.15, 0.2) is 6.61 Å². The molecule has 0 radical (unpaired) electrons. The van der Waals surface area contributed by atoms with Crippen LogP contribution in [0.5, 0.6) is 5.75 Å². The van der Waals surface area contributed by atoms with E-state index in [2.05, 4.69) is 10.0 Å². The van der Waals surface area contributed by atoms with E-state index in [0.29, 0.717) is 5.75 Å². The molecular formula is C13H20N2O6S. The van der Waals surface area contributed by atoms with Crippen molar-refractivity contribution in [2.75, 3.05) is 40.0 Å². The minimum absolute atomic E-state index is 0.0979. The van der Waals surface area contributed by atoms with Gasteiger partial charge in [0.05, 0.1) is 18.1 Å². The van der Waals surface area contributed by atoms with Crippen molar-refractivity contribution >= 4 is 15.9 Å². The largest absolute Gasteiger partial charge is 0.484 e. The molecule has 0 aromatic heterocycles. The molecule has 1 aromatic carbocycles. The molecule has 8 nitrogen and oxygen atoms in total. The van der Waals surface area contributed by atoms with Gasteiger partial charge in [-0.1, -0.05) is 0 Å². The van der Waals surface area contributed by atoms with Crippen molar-refractivity contribution in [3.8, 4) is 5.75 Å². The number of carbonyl (C=O) groups excluding carboxylic acids is 1. The van der Waals surface area contributed by atoms with Gasteiger partial charge in [-0.15, -0.1) is 0 Å². The third-order valence-electron chi connectivity index (χ3n) is 2.54. The van der Waals surface area contributed by atoms with Gasteiger partial charge in [-0.2, -0.15) is 0 Å². The maximum atomic E-state index is 11.9. The number of rotatable bonds is 10. The highest BCUT2D eigenvalue weighted by Crippen LogP contribution is 2.15. The summed E-state index contributed by atoms with van der Waals surface area (Å²) < 4.78 is 36.2. The Morgan fingerprint density at radius 2 is 1.91 bits per heavy atom. The Bertz CT molecular complexity index is 558. The monoisotopic (exact) mass is 332 g/mol. The van der Waals surface area contributed by atoms with Crippen molar-refractivity contribution in [1.82, 2.24) is 10.0 Å². The van der Waals surface area contributed by atoms with Crippen LogP contribution in [-0.4, -0.2) is 59.5 Å². The van der Waals surface area contributed by atoms with Gasteiger partial charge >= 0.3 is 0 Å². The quantitative estimate of drug-likeness (QED) is 0.479. The van der Waals surface area contributed by atoms with Crippen molar-refractivity contribution < 1.29 is 27.8 Å². The molecule has 0 aliphatic carbocycles. The summed E-state index contributed by atoms with van der Waals surface area (Å²) in [6.45, 7) is 0.268. The molecule has 0 aliphatic heterocycles. The van der Waals surface area contributed by atoms with Gasteiger partial charge in [-0.3, -0.25) is 4.79 Å². The molecular weight excluding hydrogens is 312 g/mol. The van der Waals surface area contributed by atoms with Crippen LogP contribution in [0.3, 0.4) is 0 Å². The first-order valence-corrected chi connectivity index (χ1v) is 8.07. The van der Waals surface area contributed by atoms with Gasteiger partial charge in [-0.05, 0) is 24.3 Å². The first-order chi connectivity index (χ1) is 10.5. The van der Waals surface area contributed by atoms with Crippen molar-refractivity contribution in [2.45, 2.75) is 4.90 Å². The predicted octanol–water partition coefficient (Wildman–Crippen LogP) is -0.901. The molecule has 0 saturated heterocycles. The van der Waals surface area contributed by atoms with Crippen molar-refractivity contribution in [2.24, 2.45) is 0 Å². The summed E-state index contributed by atoms with van der Waals surface area (Å²) in [5, 5.41) is 11.0. The Kier molecular flexibility index (Phi) is 7.82. The summed E-state index contributed by atoms with van der Waals surface area (Å²) in [7, 11) is -2.10. The average molecular weight is 332 g/mol. The normalized spacial score (nSPS) is 11.2. The topological polar surface area (TPSA) is 114 Å². The number of hydrogen-bond donors (Lipinski definition) is 3. The van der Waals surface area contributed by atoms with E-state index in [1.165, 1.54) is 31.4 Å². The number of aliphatic hydroxyl groups is 1. The second-order valence-corrected chi connectivity index (χ2v) is 5.99. The van der Waals surface area contributed by atoms with Crippen LogP contribution in [0.1, 0.15) is 0 Å². The number of hydrogen-bond acceptors (Lipinski definition) is 6. The lowest BCUT2D eigenvalue weighted by molar-refractivity contribution is -0.123. The van der Waals surface area contributed by atoms with Gasteiger partial charge in [0.1, 0.15) is 5.75 Å². The van der Waals surface area contributed by atoms with Crippen molar-refractivity contribution in [3.05, 3.63) is 24.3 Å². The minimum atomic E-state index is -3.59. The molecule has 3 N–H and O–H groups in total. The van der Waals surface area contributed by atoms with Crippen LogP contribution in [0, 0.1) is 0 Å². The van der Waals surface area contributed by atoms with E-state index in [0.717, 1.165) is 0 Å². The van der Waals surface area contributed by atoms with Gasteiger partial charge in [-0.25, -0.2) is 13.1 Å². The third-order valence-corrected chi connectivity index (χ3v) is 4.01. The zero-order chi connectivity index (χ0) is 16.4. The lowest BCUT2D eigenvalue weighted by atomic mass is 10.3. The van der Waals surface area contributed by atoms with Crippen LogP contribution >= 0.6 is 0 Å². The Morgan fingerprint density at radius 3 is 2.50 bits per heavy atom. The van der Waals surface area contributed by atoms with Crippen molar-refractivity contribution in [1.29, 1.82) is 0 Å². The van der Waals surface area contributed by atoms with E-state index < -0.39 is 10.0 Å². The van der Waals surface area contributed by atoms with Gasteiger partial charge in [0.2, 0.25) is 10.0 Å². The molecule has 0 atom stereocenters. The van der Waals surface area contributed by atoms with E-state index in [-0.39, 0.29) is 43.7 Å². The summed E-state index contributed by atoms with van der Waals surface area (Å²) >= 11 is 0. The first kappa shape index (κ1) is 18.4. The van der Waals surface area contributed by atoms with Gasteiger partial charge < -0.3 is 19.9 Å². The molecule has 0 fully saturated rings. The number of amides is 1. The van der Waals surface area contributed by atoms with E-state index in [1.54, 1.807) is 0 Å². The fourth-order valence-electron chi connectivity index (χ4n) is 1.47. The molecule has 0 heterocycles. The van der Waals surface area contributed by atoms with E-state index in [1.807, 2.05) is 0 Å². The number of ether oxygens (including phenoxy) is 2. The third kappa shape index (κ3) is 6.39. The molecule has 9 heteroatoms. The second-order valence-electron chi connectivity index (χ2n) is 4.22. The fraction of sp³-hybridized carbons (Fsp3) is 0.462. The molecule has 0 spiro atoms. The highest BCUT2D eigenvalue weighted by atomic mass is 32.2. The maximum Gasteiger partial charge on any atom is 0.258 e. The van der Waals surface area contributed by atoms with Crippen LogP contribution < -0.4 is 14.8 Å². The molecule has 1 amide bonds.